The van der Waals surface area contributed by atoms with Gasteiger partial charge in [-0.15, -0.1) is 0 Å². The van der Waals surface area contributed by atoms with E-state index >= 15 is 0 Å². The Kier molecular flexibility index (Phi) is 5.93. The predicted octanol–water partition coefficient (Wildman–Crippen LogP) is 2.56. The number of aromatic amines is 1. The lowest BCUT2D eigenvalue weighted by Gasteiger charge is -2.28. The lowest BCUT2D eigenvalue weighted by atomic mass is 10.1. The Hall–Kier alpha value is -2.81. The fourth-order valence-electron chi connectivity index (χ4n) is 4.05. The lowest BCUT2D eigenvalue weighted by Crippen LogP contribution is -2.36. The summed E-state index contributed by atoms with van der Waals surface area (Å²) in [6, 6.07) is 6.68. The summed E-state index contributed by atoms with van der Waals surface area (Å²) < 4.78 is 10.9. The molecule has 3 aromatic heterocycles. The molecule has 0 aromatic carbocycles. The van der Waals surface area contributed by atoms with E-state index in [1.54, 1.807) is 0 Å². The van der Waals surface area contributed by atoms with Crippen LogP contribution in [0.25, 0.3) is 22.6 Å². The Balaban J connectivity index is 1.35. The van der Waals surface area contributed by atoms with E-state index in [1.165, 1.54) is 0 Å². The minimum atomic E-state index is 0.409. The third-order valence-electron chi connectivity index (χ3n) is 5.91. The molecule has 0 aliphatic carbocycles. The fourth-order valence-corrected chi connectivity index (χ4v) is 4.05. The minimum absolute atomic E-state index is 0.409. The van der Waals surface area contributed by atoms with Crippen molar-refractivity contribution in [2.45, 2.75) is 25.9 Å². The zero-order valence-electron chi connectivity index (χ0n) is 17.8. The van der Waals surface area contributed by atoms with Crippen molar-refractivity contribution in [1.82, 2.24) is 25.3 Å². The van der Waals surface area contributed by atoms with Crippen LogP contribution in [0, 0.1) is 6.92 Å². The van der Waals surface area contributed by atoms with Crippen LogP contribution in [0.2, 0.25) is 0 Å². The maximum absolute atomic E-state index is 5.47. The molecule has 2 saturated heterocycles. The Morgan fingerprint density at radius 3 is 2.87 bits per heavy atom. The van der Waals surface area contributed by atoms with Crippen molar-refractivity contribution in [3.8, 4) is 22.6 Å². The van der Waals surface area contributed by atoms with E-state index in [1.807, 2.05) is 24.7 Å². The second-order valence-corrected chi connectivity index (χ2v) is 8.06. The standard InChI is InChI=1S/C23H28N6O2/c1-16-22(14-26-19-3-7-31-15-19)28-23(27-16)21-11-17(2-4-25-21)18-10-20(13-24-12-18)29-5-8-30-9-6-29/h2,4,10-13,19,26H,3,5-9,14-15H2,1H3,(H,27,28). The van der Waals surface area contributed by atoms with Crippen LogP contribution in [-0.4, -0.2) is 65.5 Å². The van der Waals surface area contributed by atoms with Crippen LogP contribution in [0.4, 0.5) is 5.69 Å². The maximum atomic E-state index is 5.47. The van der Waals surface area contributed by atoms with Crippen LogP contribution >= 0.6 is 0 Å². The van der Waals surface area contributed by atoms with Gasteiger partial charge in [-0.05, 0) is 37.1 Å². The Morgan fingerprint density at radius 2 is 2.03 bits per heavy atom. The van der Waals surface area contributed by atoms with Gasteiger partial charge < -0.3 is 24.7 Å². The summed E-state index contributed by atoms with van der Waals surface area (Å²) in [6.45, 7) is 7.68. The van der Waals surface area contributed by atoms with Gasteiger partial charge in [-0.3, -0.25) is 9.97 Å². The molecule has 1 unspecified atom stereocenters. The van der Waals surface area contributed by atoms with Gasteiger partial charge >= 0.3 is 0 Å². The molecular weight excluding hydrogens is 392 g/mol. The minimum Gasteiger partial charge on any atom is -0.380 e. The molecule has 0 amide bonds. The molecule has 0 radical (unpaired) electrons. The summed E-state index contributed by atoms with van der Waals surface area (Å²) in [5.74, 6) is 0.788. The van der Waals surface area contributed by atoms with Gasteiger partial charge in [-0.25, -0.2) is 4.98 Å². The van der Waals surface area contributed by atoms with Crippen molar-refractivity contribution >= 4 is 5.69 Å². The highest BCUT2D eigenvalue weighted by Gasteiger charge is 2.17. The first-order valence-electron chi connectivity index (χ1n) is 10.9. The third kappa shape index (κ3) is 4.61. The summed E-state index contributed by atoms with van der Waals surface area (Å²) in [5.41, 5.74) is 6.17. The van der Waals surface area contributed by atoms with E-state index < -0.39 is 0 Å². The van der Waals surface area contributed by atoms with Gasteiger partial charge in [0.15, 0.2) is 5.82 Å². The van der Waals surface area contributed by atoms with E-state index in [4.69, 9.17) is 14.5 Å². The molecule has 2 N–H and O–H groups in total. The quantitative estimate of drug-likeness (QED) is 0.634. The molecule has 2 aliphatic heterocycles. The molecule has 1 atom stereocenters. The van der Waals surface area contributed by atoms with Crippen molar-refractivity contribution in [1.29, 1.82) is 0 Å². The van der Waals surface area contributed by atoms with E-state index in [9.17, 15) is 0 Å². The predicted molar refractivity (Wildman–Crippen MR) is 119 cm³/mol. The molecule has 162 valence electrons. The number of hydrogen-bond acceptors (Lipinski definition) is 7. The normalized spacial score (nSPS) is 19.1. The monoisotopic (exact) mass is 420 g/mol. The number of ether oxygens (including phenoxy) is 2. The molecule has 2 fully saturated rings. The van der Waals surface area contributed by atoms with Crippen molar-refractivity contribution < 1.29 is 9.47 Å². The molecular formula is C23H28N6O2. The Bertz CT molecular complexity index is 1020. The lowest BCUT2D eigenvalue weighted by molar-refractivity contribution is 0.122. The first-order chi connectivity index (χ1) is 15.3. The van der Waals surface area contributed by atoms with Crippen molar-refractivity contribution in [2.24, 2.45) is 0 Å². The number of morpholine rings is 1. The van der Waals surface area contributed by atoms with Gasteiger partial charge in [0.1, 0.15) is 5.69 Å². The molecule has 2 aliphatic rings. The van der Waals surface area contributed by atoms with E-state index in [0.717, 1.165) is 92.2 Å². The number of aromatic nitrogens is 4. The smallest absolute Gasteiger partial charge is 0.156 e. The third-order valence-corrected chi connectivity index (χ3v) is 5.91. The van der Waals surface area contributed by atoms with Crippen LogP contribution in [-0.2, 0) is 16.0 Å². The number of imidazole rings is 1. The Morgan fingerprint density at radius 1 is 1.13 bits per heavy atom. The van der Waals surface area contributed by atoms with Gasteiger partial charge in [-0.2, -0.15) is 0 Å². The molecule has 8 heteroatoms. The first kappa shape index (κ1) is 20.1. The summed E-state index contributed by atoms with van der Waals surface area (Å²) in [5, 5.41) is 3.53. The number of nitrogens with zero attached hydrogens (tertiary/aromatic N) is 4. The van der Waals surface area contributed by atoms with Gasteiger partial charge in [0, 0.05) is 55.9 Å². The Labute approximate surface area is 182 Å². The summed E-state index contributed by atoms with van der Waals surface area (Å²) in [4.78, 5) is 19.5. The zero-order valence-corrected chi connectivity index (χ0v) is 17.8. The molecule has 5 heterocycles. The second kappa shape index (κ2) is 9.13. The van der Waals surface area contributed by atoms with Crippen molar-refractivity contribution in [3.05, 3.63) is 48.2 Å². The highest BCUT2D eigenvalue weighted by Crippen LogP contribution is 2.27. The molecule has 0 saturated carbocycles. The van der Waals surface area contributed by atoms with E-state index in [-0.39, 0.29) is 0 Å². The van der Waals surface area contributed by atoms with E-state index in [2.05, 4.69) is 44.2 Å². The maximum Gasteiger partial charge on any atom is 0.156 e. The summed E-state index contributed by atoms with van der Waals surface area (Å²) in [7, 11) is 0. The van der Waals surface area contributed by atoms with Crippen LogP contribution in [0.5, 0.6) is 0 Å². The highest BCUT2D eigenvalue weighted by atomic mass is 16.5. The number of rotatable bonds is 6. The van der Waals surface area contributed by atoms with Crippen LogP contribution in [0.15, 0.2) is 36.8 Å². The average Bonchev–Trinajstić information content (AvgIpc) is 3.48. The number of H-pyrrole nitrogens is 1. The van der Waals surface area contributed by atoms with Crippen molar-refractivity contribution in [2.75, 3.05) is 44.4 Å². The van der Waals surface area contributed by atoms with Crippen molar-refractivity contribution in [3.63, 3.8) is 0 Å². The number of hydrogen-bond donors (Lipinski definition) is 2. The van der Waals surface area contributed by atoms with Gasteiger partial charge in [0.25, 0.3) is 0 Å². The van der Waals surface area contributed by atoms with Gasteiger partial charge in [0.2, 0.25) is 0 Å². The molecule has 0 bridgehead atoms. The second-order valence-electron chi connectivity index (χ2n) is 8.06. The van der Waals surface area contributed by atoms with Crippen LogP contribution < -0.4 is 10.2 Å². The van der Waals surface area contributed by atoms with E-state index in [0.29, 0.717) is 6.04 Å². The molecule has 0 spiro atoms. The molecule has 8 nitrogen and oxygen atoms in total. The zero-order chi connectivity index (χ0) is 21.0. The molecule has 5 rings (SSSR count). The number of nitrogens with one attached hydrogen (secondary N) is 2. The topological polar surface area (TPSA) is 88.2 Å². The molecule has 31 heavy (non-hydrogen) atoms. The van der Waals surface area contributed by atoms with Gasteiger partial charge in [0.05, 0.1) is 37.4 Å². The summed E-state index contributed by atoms with van der Waals surface area (Å²) in [6.07, 6.45) is 6.70. The number of aryl methyl sites for hydroxylation is 1. The fraction of sp³-hybridized carbons (Fsp3) is 0.435. The van der Waals surface area contributed by atoms with Crippen LogP contribution in [0.3, 0.4) is 0 Å². The highest BCUT2D eigenvalue weighted by molar-refractivity contribution is 5.70. The van der Waals surface area contributed by atoms with Gasteiger partial charge in [-0.1, -0.05) is 0 Å². The first-order valence-corrected chi connectivity index (χ1v) is 10.9. The average molecular weight is 421 g/mol. The largest absolute Gasteiger partial charge is 0.380 e. The SMILES string of the molecule is Cc1[nH]c(-c2cc(-c3cncc(N4CCOCC4)c3)ccn2)nc1CNC1CCOC1. The number of anilines is 1. The number of pyridine rings is 2. The molecule has 3 aromatic rings. The van der Waals surface area contributed by atoms with Crippen LogP contribution in [0.1, 0.15) is 17.8 Å². The summed E-state index contributed by atoms with van der Waals surface area (Å²) >= 11 is 0.